The van der Waals surface area contributed by atoms with Gasteiger partial charge in [0.05, 0.1) is 26.4 Å². The zero-order chi connectivity index (χ0) is 67.2. The molecule has 0 spiro atoms. The van der Waals surface area contributed by atoms with Gasteiger partial charge < -0.3 is 33.8 Å². The Bertz CT molecular complexity index is 1770. The van der Waals surface area contributed by atoms with Crippen molar-refractivity contribution in [3.05, 3.63) is 0 Å². The van der Waals surface area contributed by atoms with E-state index in [9.17, 15) is 43.2 Å². The third kappa shape index (κ3) is 66.5. The summed E-state index contributed by atoms with van der Waals surface area (Å²) in [5.74, 6) is -0.706. The molecule has 0 radical (unpaired) electrons. The van der Waals surface area contributed by atoms with Crippen LogP contribution in [0.15, 0.2) is 0 Å². The highest BCUT2D eigenvalue weighted by Crippen LogP contribution is 2.45. The molecule has 0 fully saturated rings. The van der Waals surface area contributed by atoms with Crippen molar-refractivity contribution in [3.8, 4) is 0 Å². The molecule has 0 heterocycles. The SMILES string of the molecule is CCCCCCCCCCCCCCCCCCC(=O)O[C@H](COC(=O)CCCCCCCCCCCCCCCC)COP(=O)(O)OC[C@@H](O)COP(=O)(O)OC[C@@H](COC(=O)CCCCCCCCC(C)C)OC(=O)CCCCCCCCCCCC(C)C. The largest absolute Gasteiger partial charge is 0.472 e. The van der Waals surface area contributed by atoms with E-state index < -0.39 is 97.5 Å². The number of ether oxygens (including phenoxy) is 4. The highest BCUT2D eigenvalue weighted by molar-refractivity contribution is 7.47. The van der Waals surface area contributed by atoms with Gasteiger partial charge in [0.1, 0.15) is 19.3 Å². The lowest BCUT2D eigenvalue weighted by atomic mass is 10.0. The Balaban J connectivity index is 5.24. The van der Waals surface area contributed by atoms with Gasteiger partial charge in [0, 0.05) is 25.7 Å². The van der Waals surface area contributed by atoms with Crippen molar-refractivity contribution < 1.29 is 80.2 Å². The number of carbonyl (C=O) groups excluding carboxylic acids is 4. The molecular formula is C72H140O17P2. The minimum atomic E-state index is -4.95. The quantitative estimate of drug-likeness (QED) is 0.0222. The number of phosphoric ester groups is 2. The Morgan fingerprint density at radius 1 is 0.297 bits per heavy atom. The predicted molar refractivity (Wildman–Crippen MR) is 368 cm³/mol. The number of unbranched alkanes of at least 4 members (excludes halogenated alkanes) is 41. The van der Waals surface area contributed by atoms with E-state index >= 15 is 0 Å². The molecule has 0 aliphatic carbocycles. The number of esters is 4. The number of carbonyl (C=O) groups is 4. The van der Waals surface area contributed by atoms with E-state index in [4.69, 9.17) is 37.0 Å². The molecule has 5 atom stereocenters. The van der Waals surface area contributed by atoms with Gasteiger partial charge in [-0.05, 0) is 37.5 Å². The topological polar surface area (TPSA) is 237 Å². The predicted octanol–water partition coefficient (Wildman–Crippen LogP) is 20.8. The Kier molecular flexibility index (Phi) is 62.7. The van der Waals surface area contributed by atoms with Crippen LogP contribution in [-0.4, -0.2) is 96.7 Å². The maximum atomic E-state index is 13.0. The molecule has 0 saturated heterocycles. The number of hydrogen-bond acceptors (Lipinski definition) is 15. The second kappa shape index (κ2) is 64.1. The molecular weight excluding hydrogens is 1200 g/mol. The molecule has 0 aliphatic heterocycles. The summed E-state index contributed by atoms with van der Waals surface area (Å²) in [6, 6.07) is 0. The van der Waals surface area contributed by atoms with Crippen molar-refractivity contribution in [1.82, 2.24) is 0 Å². The van der Waals surface area contributed by atoms with Gasteiger partial charge in [-0.25, -0.2) is 9.13 Å². The van der Waals surface area contributed by atoms with E-state index in [0.29, 0.717) is 31.6 Å². The average molecular weight is 1340 g/mol. The summed E-state index contributed by atoms with van der Waals surface area (Å²) in [6.45, 7) is 9.46. The van der Waals surface area contributed by atoms with Crippen LogP contribution in [0, 0.1) is 11.8 Å². The second-order valence-corrected chi connectivity index (χ2v) is 29.8. The fraction of sp³-hybridized carbons (Fsp3) is 0.944. The molecule has 0 aromatic heterocycles. The summed E-state index contributed by atoms with van der Waals surface area (Å²) in [6.07, 6.45) is 50.1. The van der Waals surface area contributed by atoms with E-state index in [1.807, 2.05) is 0 Å². The van der Waals surface area contributed by atoms with Gasteiger partial charge in [0.2, 0.25) is 0 Å². The minimum Gasteiger partial charge on any atom is -0.462 e. The van der Waals surface area contributed by atoms with Gasteiger partial charge in [0.25, 0.3) is 0 Å². The first kappa shape index (κ1) is 89.1. The van der Waals surface area contributed by atoms with Crippen LogP contribution < -0.4 is 0 Å². The fourth-order valence-electron chi connectivity index (χ4n) is 10.9. The normalized spacial score (nSPS) is 14.1. The van der Waals surface area contributed by atoms with E-state index in [0.717, 1.165) is 102 Å². The lowest BCUT2D eigenvalue weighted by molar-refractivity contribution is -0.161. The van der Waals surface area contributed by atoms with E-state index in [-0.39, 0.29) is 25.7 Å². The number of aliphatic hydroxyl groups is 1. The van der Waals surface area contributed by atoms with Crippen molar-refractivity contribution in [2.45, 2.75) is 387 Å². The van der Waals surface area contributed by atoms with Gasteiger partial charge in [-0.15, -0.1) is 0 Å². The van der Waals surface area contributed by atoms with Gasteiger partial charge in [-0.1, -0.05) is 318 Å². The fourth-order valence-corrected chi connectivity index (χ4v) is 12.5. The van der Waals surface area contributed by atoms with Crippen LogP contribution in [0.5, 0.6) is 0 Å². The van der Waals surface area contributed by atoms with Crippen LogP contribution in [0.1, 0.15) is 369 Å². The first-order valence-electron chi connectivity index (χ1n) is 37.5. The number of rotatable bonds is 71. The zero-order valence-corrected chi connectivity index (χ0v) is 60.9. The zero-order valence-electron chi connectivity index (χ0n) is 59.1. The van der Waals surface area contributed by atoms with E-state index in [2.05, 4.69) is 41.5 Å². The third-order valence-corrected chi connectivity index (χ3v) is 18.6. The van der Waals surface area contributed by atoms with Crippen LogP contribution in [0.4, 0.5) is 0 Å². The summed E-state index contributed by atoms with van der Waals surface area (Å²) in [7, 11) is -9.90. The van der Waals surface area contributed by atoms with Crippen LogP contribution in [0.25, 0.3) is 0 Å². The Morgan fingerprint density at radius 2 is 0.505 bits per heavy atom. The maximum absolute atomic E-state index is 13.0. The standard InChI is InChI=1S/C72H140O17P2/c1-7-9-11-13-15-17-19-21-23-24-26-28-32-36-44-50-56-71(76)88-67(60-82-69(74)54-48-42-35-31-27-25-22-20-18-16-14-12-10-8-2)62-86-90(78,79)84-58-66(73)59-85-91(80,81)87-63-68(61-83-70(75)55-49-43-39-38-41-47-53-65(5)6)89-72(77)57-51-45-37-33-29-30-34-40-46-52-64(3)4/h64-68,73H,7-63H2,1-6H3,(H,78,79)(H,80,81)/t66-,67-,68-/m1/s1. The number of aliphatic hydroxyl groups excluding tert-OH is 1. The molecule has 17 nitrogen and oxygen atoms in total. The monoisotopic (exact) mass is 1340 g/mol. The molecule has 0 amide bonds. The van der Waals surface area contributed by atoms with Gasteiger partial charge in [-0.3, -0.25) is 37.3 Å². The summed E-state index contributed by atoms with van der Waals surface area (Å²) < 4.78 is 68.3. The van der Waals surface area contributed by atoms with Gasteiger partial charge >= 0.3 is 39.5 Å². The Morgan fingerprint density at radius 3 is 0.747 bits per heavy atom. The second-order valence-electron chi connectivity index (χ2n) is 26.9. The molecule has 0 saturated carbocycles. The summed E-state index contributed by atoms with van der Waals surface area (Å²) in [5, 5.41) is 10.6. The molecule has 0 bridgehead atoms. The molecule has 0 rings (SSSR count). The summed E-state index contributed by atoms with van der Waals surface area (Å²) >= 11 is 0. The Labute approximate surface area is 556 Å². The summed E-state index contributed by atoms with van der Waals surface area (Å²) in [5.41, 5.74) is 0. The van der Waals surface area contributed by atoms with Crippen LogP contribution in [0.2, 0.25) is 0 Å². The Hall–Kier alpha value is -1.94. The van der Waals surface area contributed by atoms with Crippen molar-refractivity contribution in [3.63, 3.8) is 0 Å². The van der Waals surface area contributed by atoms with Crippen LogP contribution in [0.3, 0.4) is 0 Å². The molecule has 91 heavy (non-hydrogen) atoms. The average Bonchev–Trinajstić information content (AvgIpc) is 3.71. The molecule has 19 heteroatoms. The van der Waals surface area contributed by atoms with Crippen LogP contribution in [-0.2, 0) is 65.4 Å². The molecule has 0 aromatic rings. The highest BCUT2D eigenvalue weighted by atomic mass is 31.2. The van der Waals surface area contributed by atoms with Gasteiger partial charge in [-0.2, -0.15) is 0 Å². The van der Waals surface area contributed by atoms with Crippen LogP contribution >= 0.6 is 15.6 Å². The summed E-state index contributed by atoms with van der Waals surface area (Å²) in [4.78, 5) is 72.6. The lowest BCUT2D eigenvalue weighted by Crippen LogP contribution is -2.30. The number of hydrogen-bond donors (Lipinski definition) is 3. The molecule has 3 N–H and O–H groups in total. The number of phosphoric acid groups is 2. The van der Waals surface area contributed by atoms with Crippen molar-refractivity contribution in [2.75, 3.05) is 39.6 Å². The third-order valence-electron chi connectivity index (χ3n) is 16.7. The van der Waals surface area contributed by atoms with Gasteiger partial charge in [0.15, 0.2) is 12.2 Å². The molecule has 0 aliphatic rings. The molecule has 0 aromatic carbocycles. The highest BCUT2D eigenvalue weighted by Gasteiger charge is 2.30. The maximum Gasteiger partial charge on any atom is 0.472 e. The molecule has 2 unspecified atom stereocenters. The van der Waals surface area contributed by atoms with Crippen molar-refractivity contribution in [1.29, 1.82) is 0 Å². The van der Waals surface area contributed by atoms with Crippen molar-refractivity contribution in [2.24, 2.45) is 11.8 Å². The van der Waals surface area contributed by atoms with E-state index in [1.54, 1.807) is 0 Å². The first-order valence-corrected chi connectivity index (χ1v) is 40.5. The first-order chi connectivity index (χ1) is 43.9. The van der Waals surface area contributed by atoms with Crippen molar-refractivity contribution >= 4 is 39.5 Å². The smallest absolute Gasteiger partial charge is 0.462 e. The minimum absolute atomic E-state index is 0.104. The van der Waals surface area contributed by atoms with E-state index in [1.165, 1.54) is 180 Å². The molecule has 540 valence electrons. The lowest BCUT2D eigenvalue weighted by Gasteiger charge is -2.21.